The molecule has 3 amide bonds. The lowest BCUT2D eigenvalue weighted by Gasteiger charge is -2.34. The third-order valence-corrected chi connectivity index (χ3v) is 5.80. The largest absolute Gasteiger partial charge is 0.497 e. The Kier molecular flexibility index (Phi) is 9.58. The summed E-state index contributed by atoms with van der Waals surface area (Å²) in [6, 6.07) is 12.1. The van der Waals surface area contributed by atoms with Crippen LogP contribution in [-0.2, 0) is 14.4 Å². The van der Waals surface area contributed by atoms with Crippen LogP contribution in [0.15, 0.2) is 53.1 Å². The normalized spacial score (nSPS) is 11.9. The first-order valence-corrected chi connectivity index (χ1v) is 12.6. The van der Waals surface area contributed by atoms with Crippen LogP contribution >= 0.6 is 11.6 Å². The number of halogens is 1. The summed E-state index contributed by atoms with van der Waals surface area (Å²) in [7, 11) is 3.00. The van der Waals surface area contributed by atoms with Gasteiger partial charge in [0.15, 0.2) is 5.82 Å². The molecule has 0 aliphatic carbocycles. The van der Waals surface area contributed by atoms with E-state index in [2.05, 4.69) is 15.8 Å². The smallest absolute Gasteiger partial charge is 0.248 e. The van der Waals surface area contributed by atoms with Gasteiger partial charge in [0.25, 0.3) is 0 Å². The fourth-order valence-electron chi connectivity index (χ4n) is 3.88. The van der Waals surface area contributed by atoms with Gasteiger partial charge < -0.3 is 24.6 Å². The highest BCUT2D eigenvalue weighted by molar-refractivity contribution is 6.31. The lowest BCUT2D eigenvalue weighted by Crippen LogP contribution is -2.49. The van der Waals surface area contributed by atoms with E-state index in [1.165, 1.54) is 19.1 Å². The van der Waals surface area contributed by atoms with E-state index in [9.17, 15) is 14.4 Å². The highest BCUT2D eigenvalue weighted by atomic mass is 35.5. The van der Waals surface area contributed by atoms with Crippen LogP contribution in [-0.4, -0.2) is 42.6 Å². The fourth-order valence-corrected chi connectivity index (χ4v) is 4.05. The molecule has 0 saturated carbocycles. The highest BCUT2D eigenvalue weighted by Crippen LogP contribution is 2.38. The molecule has 0 saturated heterocycles. The Morgan fingerprint density at radius 1 is 1.03 bits per heavy atom. The molecular formula is C28H33ClN4O6. The standard InChI is InChI=1S/C28H33ClN4O6/c1-17-15-23(32-39-17)30-24(34)13-14-25(35)33(21-16-19(29)9-12-22(21)38-6)26(27(36)31-28(2,3)4)18-7-10-20(37-5)11-8-18/h7-12,15-16,26H,13-14H2,1-6H3,(H,31,36)(H,30,32,34)/t26-/m0/s1. The van der Waals surface area contributed by atoms with Gasteiger partial charge in [0.1, 0.15) is 23.3 Å². The molecule has 2 N–H and O–H groups in total. The van der Waals surface area contributed by atoms with Crippen molar-refractivity contribution in [3.63, 3.8) is 0 Å². The summed E-state index contributed by atoms with van der Waals surface area (Å²) in [5.41, 5.74) is 0.216. The van der Waals surface area contributed by atoms with Crippen molar-refractivity contribution in [2.24, 2.45) is 0 Å². The number of nitrogens with zero attached hydrogens (tertiary/aromatic N) is 2. The first-order chi connectivity index (χ1) is 18.4. The predicted molar refractivity (Wildman–Crippen MR) is 148 cm³/mol. The van der Waals surface area contributed by atoms with Crippen molar-refractivity contribution < 1.29 is 28.4 Å². The predicted octanol–water partition coefficient (Wildman–Crippen LogP) is 5.06. The molecule has 2 aromatic carbocycles. The summed E-state index contributed by atoms with van der Waals surface area (Å²) in [4.78, 5) is 41.6. The van der Waals surface area contributed by atoms with Crippen LogP contribution in [0.5, 0.6) is 11.5 Å². The number of hydrogen-bond donors (Lipinski definition) is 2. The average Bonchev–Trinajstić information content (AvgIpc) is 3.28. The van der Waals surface area contributed by atoms with Crippen LogP contribution in [0.2, 0.25) is 5.02 Å². The first kappa shape index (κ1) is 29.5. The Balaban J connectivity index is 2.04. The zero-order valence-electron chi connectivity index (χ0n) is 22.8. The molecule has 1 aromatic heterocycles. The van der Waals surface area contributed by atoms with Crippen molar-refractivity contribution in [1.82, 2.24) is 10.5 Å². The summed E-state index contributed by atoms with van der Waals surface area (Å²) < 4.78 is 15.8. The number of anilines is 2. The van der Waals surface area contributed by atoms with Gasteiger partial charge in [-0.3, -0.25) is 19.3 Å². The Morgan fingerprint density at radius 3 is 2.28 bits per heavy atom. The van der Waals surface area contributed by atoms with Crippen molar-refractivity contribution in [3.05, 3.63) is 64.9 Å². The van der Waals surface area contributed by atoms with E-state index in [0.717, 1.165) is 0 Å². The molecule has 0 fully saturated rings. The molecule has 3 aromatic rings. The molecule has 1 atom stereocenters. The fraction of sp³-hybridized carbons (Fsp3) is 0.357. The second-order valence-corrected chi connectivity index (χ2v) is 10.3. The third kappa shape index (κ3) is 7.97. The molecule has 11 heteroatoms. The van der Waals surface area contributed by atoms with Gasteiger partial charge in [-0.2, -0.15) is 0 Å². The second kappa shape index (κ2) is 12.7. The molecule has 39 heavy (non-hydrogen) atoms. The van der Waals surface area contributed by atoms with E-state index in [1.54, 1.807) is 55.5 Å². The Hall–Kier alpha value is -4.05. The quantitative estimate of drug-likeness (QED) is 0.358. The van der Waals surface area contributed by atoms with E-state index < -0.39 is 29.3 Å². The number of carbonyl (C=O) groups is 3. The average molecular weight is 557 g/mol. The van der Waals surface area contributed by atoms with Crippen molar-refractivity contribution in [2.75, 3.05) is 24.4 Å². The van der Waals surface area contributed by atoms with Crippen molar-refractivity contribution in [2.45, 2.75) is 52.1 Å². The highest BCUT2D eigenvalue weighted by Gasteiger charge is 2.36. The van der Waals surface area contributed by atoms with Crippen LogP contribution in [0.3, 0.4) is 0 Å². The van der Waals surface area contributed by atoms with Crippen LogP contribution < -0.4 is 25.0 Å². The van der Waals surface area contributed by atoms with E-state index in [1.807, 2.05) is 20.8 Å². The minimum absolute atomic E-state index is 0.166. The van der Waals surface area contributed by atoms with E-state index >= 15 is 0 Å². The first-order valence-electron chi connectivity index (χ1n) is 12.3. The number of carbonyl (C=O) groups excluding carboxylic acids is 3. The summed E-state index contributed by atoms with van der Waals surface area (Å²) in [5.74, 6) is 0.350. The number of amides is 3. The number of aryl methyl sites for hydroxylation is 1. The summed E-state index contributed by atoms with van der Waals surface area (Å²) in [6.07, 6.45) is -0.381. The van der Waals surface area contributed by atoms with E-state index in [0.29, 0.717) is 27.8 Å². The van der Waals surface area contributed by atoms with Crippen LogP contribution in [0, 0.1) is 6.92 Å². The Labute approximate surface area is 232 Å². The molecule has 208 valence electrons. The molecular weight excluding hydrogens is 524 g/mol. The molecule has 1 heterocycles. The number of nitrogens with one attached hydrogen (secondary N) is 2. The van der Waals surface area contributed by atoms with Crippen LogP contribution in [0.25, 0.3) is 0 Å². The van der Waals surface area contributed by atoms with Crippen LogP contribution in [0.4, 0.5) is 11.5 Å². The molecule has 0 aliphatic heterocycles. The molecule has 10 nitrogen and oxygen atoms in total. The summed E-state index contributed by atoms with van der Waals surface area (Å²) in [6.45, 7) is 7.23. The topological polar surface area (TPSA) is 123 Å². The SMILES string of the molecule is COc1ccc([C@@H](C(=O)NC(C)(C)C)N(C(=O)CCC(=O)Nc2cc(C)on2)c2cc(Cl)ccc2OC)cc1. The van der Waals surface area contributed by atoms with E-state index in [-0.39, 0.29) is 24.3 Å². The maximum atomic E-state index is 13.9. The van der Waals surface area contributed by atoms with Gasteiger partial charge in [0.05, 0.1) is 19.9 Å². The minimum atomic E-state index is -1.11. The van der Waals surface area contributed by atoms with Gasteiger partial charge in [-0.1, -0.05) is 28.9 Å². The monoisotopic (exact) mass is 556 g/mol. The van der Waals surface area contributed by atoms with Gasteiger partial charge >= 0.3 is 0 Å². The van der Waals surface area contributed by atoms with Gasteiger partial charge in [-0.25, -0.2) is 0 Å². The number of rotatable bonds is 10. The second-order valence-electron chi connectivity index (χ2n) is 9.87. The van der Waals surface area contributed by atoms with Crippen molar-refractivity contribution >= 4 is 40.8 Å². The molecule has 0 radical (unpaired) electrons. The zero-order chi connectivity index (χ0) is 28.7. The minimum Gasteiger partial charge on any atom is -0.497 e. The van der Waals surface area contributed by atoms with Gasteiger partial charge in [0, 0.05) is 29.5 Å². The van der Waals surface area contributed by atoms with Gasteiger partial charge in [-0.05, 0) is 63.6 Å². The van der Waals surface area contributed by atoms with E-state index in [4.69, 9.17) is 25.6 Å². The number of ether oxygens (including phenoxy) is 2. The molecule has 0 spiro atoms. The van der Waals surface area contributed by atoms with Crippen molar-refractivity contribution in [3.8, 4) is 11.5 Å². The number of hydrogen-bond acceptors (Lipinski definition) is 7. The van der Waals surface area contributed by atoms with Crippen molar-refractivity contribution in [1.29, 1.82) is 0 Å². The summed E-state index contributed by atoms with van der Waals surface area (Å²) >= 11 is 6.33. The lowest BCUT2D eigenvalue weighted by atomic mass is 10.00. The van der Waals surface area contributed by atoms with Crippen LogP contribution in [0.1, 0.15) is 51.0 Å². The van der Waals surface area contributed by atoms with Gasteiger partial charge in [0.2, 0.25) is 17.7 Å². The number of methoxy groups -OCH3 is 2. The Morgan fingerprint density at radius 2 is 1.72 bits per heavy atom. The summed E-state index contributed by atoms with van der Waals surface area (Å²) in [5, 5.41) is 9.65. The number of aromatic nitrogens is 1. The lowest BCUT2D eigenvalue weighted by molar-refractivity contribution is -0.128. The molecule has 0 bridgehead atoms. The molecule has 0 unspecified atom stereocenters. The third-order valence-electron chi connectivity index (χ3n) is 5.57. The Bertz CT molecular complexity index is 1320. The maximum Gasteiger partial charge on any atom is 0.248 e. The maximum absolute atomic E-state index is 13.9. The molecule has 0 aliphatic rings. The zero-order valence-corrected chi connectivity index (χ0v) is 23.6. The number of benzene rings is 2. The van der Waals surface area contributed by atoms with Gasteiger partial charge in [-0.15, -0.1) is 0 Å². The molecule has 3 rings (SSSR count).